The van der Waals surface area contributed by atoms with E-state index in [0.717, 1.165) is 18.4 Å². The van der Waals surface area contributed by atoms with Crippen molar-refractivity contribution >= 4 is 0 Å². The second-order valence-corrected chi connectivity index (χ2v) is 5.77. The molecular weight excluding hydrogens is 222 g/mol. The first-order chi connectivity index (χ1) is 8.76. The molecule has 1 unspecified atom stereocenters. The average molecular weight is 249 g/mol. The first kappa shape index (κ1) is 13.6. The Morgan fingerprint density at radius 3 is 2.72 bits per heavy atom. The standard InChI is InChI=1S/C15H27N3/c1-4-10-18-11-9-17-15(18)14(16-3)13-7-5-12(2)6-8-13/h9,11-14,16H,4-8,10H2,1-3H3. The molecule has 1 saturated carbocycles. The van der Waals surface area contributed by atoms with Crippen molar-refractivity contribution in [2.45, 2.75) is 58.5 Å². The summed E-state index contributed by atoms with van der Waals surface area (Å²) < 4.78 is 2.32. The lowest BCUT2D eigenvalue weighted by Crippen LogP contribution is -2.30. The van der Waals surface area contributed by atoms with Gasteiger partial charge in [-0.15, -0.1) is 0 Å². The smallest absolute Gasteiger partial charge is 0.126 e. The van der Waals surface area contributed by atoms with Crippen LogP contribution < -0.4 is 5.32 Å². The summed E-state index contributed by atoms with van der Waals surface area (Å²) in [5.41, 5.74) is 0. The van der Waals surface area contributed by atoms with Gasteiger partial charge in [-0.3, -0.25) is 0 Å². The van der Waals surface area contributed by atoms with Crippen LogP contribution in [0.4, 0.5) is 0 Å². The van der Waals surface area contributed by atoms with Gasteiger partial charge >= 0.3 is 0 Å². The number of aromatic nitrogens is 2. The van der Waals surface area contributed by atoms with Crippen LogP contribution in [0.5, 0.6) is 0 Å². The van der Waals surface area contributed by atoms with Crippen LogP contribution in [0.15, 0.2) is 12.4 Å². The van der Waals surface area contributed by atoms with Crippen LogP contribution in [-0.2, 0) is 6.54 Å². The highest BCUT2D eigenvalue weighted by molar-refractivity contribution is 5.02. The molecule has 0 aromatic carbocycles. The van der Waals surface area contributed by atoms with Gasteiger partial charge in [0.1, 0.15) is 5.82 Å². The van der Waals surface area contributed by atoms with Gasteiger partial charge in [0.2, 0.25) is 0 Å². The third kappa shape index (κ3) is 2.94. The van der Waals surface area contributed by atoms with E-state index in [9.17, 15) is 0 Å². The summed E-state index contributed by atoms with van der Waals surface area (Å²) in [4.78, 5) is 4.60. The Labute approximate surface area is 111 Å². The van der Waals surface area contributed by atoms with Gasteiger partial charge in [-0.2, -0.15) is 0 Å². The van der Waals surface area contributed by atoms with Gasteiger partial charge in [0.05, 0.1) is 6.04 Å². The summed E-state index contributed by atoms with van der Waals surface area (Å²) in [6, 6.07) is 0.430. The Morgan fingerprint density at radius 2 is 2.11 bits per heavy atom. The van der Waals surface area contributed by atoms with E-state index in [1.807, 2.05) is 6.20 Å². The molecule has 102 valence electrons. The van der Waals surface area contributed by atoms with Crippen molar-refractivity contribution in [1.29, 1.82) is 0 Å². The largest absolute Gasteiger partial charge is 0.334 e. The normalized spacial score (nSPS) is 26.2. The predicted molar refractivity (Wildman–Crippen MR) is 75.4 cm³/mol. The minimum absolute atomic E-state index is 0.430. The van der Waals surface area contributed by atoms with Crippen LogP contribution in [0, 0.1) is 11.8 Å². The number of aryl methyl sites for hydroxylation is 1. The predicted octanol–water partition coefficient (Wildman–Crippen LogP) is 3.38. The number of imidazole rings is 1. The zero-order valence-corrected chi connectivity index (χ0v) is 12.0. The van der Waals surface area contributed by atoms with Crippen molar-refractivity contribution < 1.29 is 0 Å². The minimum atomic E-state index is 0.430. The molecule has 1 atom stereocenters. The molecule has 1 heterocycles. The van der Waals surface area contributed by atoms with Gasteiger partial charge in [0.15, 0.2) is 0 Å². The lowest BCUT2D eigenvalue weighted by atomic mass is 9.79. The molecule has 0 amide bonds. The van der Waals surface area contributed by atoms with Gasteiger partial charge in [0.25, 0.3) is 0 Å². The van der Waals surface area contributed by atoms with Crippen molar-refractivity contribution in [3.63, 3.8) is 0 Å². The zero-order valence-electron chi connectivity index (χ0n) is 12.0. The molecule has 1 aromatic rings. The number of hydrogen-bond donors (Lipinski definition) is 1. The minimum Gasteiger partial charge on any atom is -0.334 e. The average Bonchev–Trinajstić information content (AvgIpc) is 2.82. The van der Waals surface area contributed by atoms with Crippen LogP contribution in [0.25, 0.3) is 0 Å². The van der Waals surface area contributed by atoms with Crippen molar-refractivity contribution in [3.8, 4) is 0 Å². The monoisotopic (exact) mass is 249 g/mol. The van der Waals surface area contributed by atoms with E-state index in [1.165, 1.54) is 37.9 Å². The molecule has 2 rings (SSSR count). The molecule has 0 radical (unpaired) electrons. The molecule has 0 bridgehead atoms. The highest BCUT2D eigenvalue weighted by atomic mass is 15.1. The van der Waals surface area contributed by atoms with Crippen molar-refractivity contribution in [1.82, 2.24) is 14.9 Å². The summed E-state index contributed by atoms with van der Waals surface area (Å²) >= 11 is 0. The quantitative estimate of drug-likeness (QED) is 0.867. The lowest BCUT2D eigenvalue weighted by molar-refractivity contribution is 0.229. The van der Waals surface area contributed by atoms with E-state index in [2.05, 4.69) is 42.0 Å². The van der Waals surface area contributed by atoms with Gasteiger partial charge in [-0.05, 0) is 38.1 Å². The highest BCUT2D eigenvalue weighted by Crippen LogP contribution is 2.36. The number of hydrogen-bond acceptors (Lipinski definition) is 2. The van der Waals surface area contributed by atoms with Crippen LogP contribution in [0.3, 0.4) is 0 Å². The van der Waals surface area contributed by atoms with E-state index in [4.69, 9.17) is 0 Å². The molecule has 3 nitrogen and oxygen atoms in total. The fourth-order valence-corrected chi connectivity index (χ4v) is 3.22. The number of nitrogens with one attached hydrogen (secondary N) is 1. The zero-order chi connectivity index (χ0) is 13.0. The SMILES string of the molecule is CCCn1ccnc1C(NC)C1CCC(C)CC1. The highest BCUT2D eigenvalue weighted by Gasteiger charge is 2.28. The summed E-state index contributed by atoms with van der Waals surface area (Å²) in [6.45, 7) is 5.68. The van der Waals surface area contributed by atoms with E-state index in [-0.39, 0.29) is 0 Å². The topological polar surface area (TPSA) is 29.9 Å². The maximum absolute atomic E-state index is 4.60. The van der Waals surface area contributed by atoms with E-state index in [1.54, 1.807) is 0 Å². The van der Waals surface area contributed by atoms with E-state index in [0.29, 0.717) is 6.04 Å². The Hall–Kier alpha value is -0.830. The fraction of sp³-hybridized carbons (Fsp3) is 0.800. The molecule has 3 heteroatoms. The maximum Gasteiger partial charge on any atom is 0.126 e. The molecule has 0 aliphatic heterocycles. The lowest BCUT2D eigenvalue weighted by Gasteiger charge is -2.32. The second-order valence-electron chi connectivity index (χ2n) is 5.77. The van der Waals surface area contributed by atoms with Gasteiger partial charge in [-0.1, -0.05) is 26.7 Å². The molecule has 0 saturated heterocycles. The molecule has 18 heavy (non-hydrogen) atoms. The van der Waals surface area contributed by atoms with Crippen LogP contribution >= 0.6 is 0 Å². The molecule has 1 N–H and O–H groups in total. The Morgan fingerprint density at radius 1 is 1.39 bits per heavy atom. The van der Waals surface area contributed by atoms with Crippen LogP contribution in [-0.4, -0.2) is 16.6 Å². The Kier molecular flexibility index (Phi) is 4.81. The third-order valence-electron chi connectivity index (χ3n) is 4.33. The summed E-state index contributed by atoms with van der Waals surface area (Å²) in [5.74, 6) is 2.90. The van der Waals surface area contributed by atoms with Gasteiger partial charge in [0, 0.05) is 18.9 Å². The van der Waals surface area contributed by atoms with Crippen molar-refractivity contribution in [2.75, 3.05) is 7.05 Å². The summed E-state index contributed by atoms with van der Waals surface area (Å²) in [6.07, 6.45) is 10.7. The fourth-order valence-electron chi connectivity index (χ4n) is 3.22. The first-order valence-electron chi connectivity index (χ1n) is 7.44. The van der Waals surface area contributed by atoms with Crippen molar-refractivity contribution in [2.24, 2.45) is 11.8 Å². The van der Waals surface area contributed by atoms with Gasteiger partial charge in [-0.25, -0.2) is 4.98 Å². The number of rotatable bonds is 5. The molecule has 1 aromatic heterocycles. The Bertz CT molecular complexity index is 350. The summed E-state index contributed by atoms with van der Waals surface area (Å²) in [7, 11) is 2.08. The Balaban J connectivity index is 2.09. The molecular formula is C15H27N3. The van der Waals surface area contributed by atoms with Crippen LogP contribution in [0.1, 0.15) is 57.8 Å². The van der Waals surface area contributed by atoms with Crippen LogP contribution in [0.2, 0.25) is 0 Å². The maximum atomic E-state index is 4.60. The number of nitrogens with zero attached hydrogens (tertiary/aromatic N) is 2. The molecule has 0 spiro atoms. The first-order valence-corrected chi connectivity index (χ1v) is 7.44. The van der Waals surface area contributed by atoms with Gasteiger partial charge < -0.3 is 9.88 Å². The van der Waals surface area contributed by atoms with E-state index < -0.39 is 0 Å². The summed E-state index contributed by atoms with van der Waals surface area (Å²) in [5, 5.41) is 3.50. The van der Waals surface area contributed by atoms with E-state index >= 15 is 0 Å². The second kappa shape index (κ2) is 6.37. The van der Waals surface area contributed by atoms with Crippen molar-refractivity contribution in [3.05, 3.63) is 18.2 Å². The molecule has 1 aliphatic rings. The molecule has 1 aliphatic carbocycles. The third-order valence-corrected chi connectivity index (χ3v) is 4.33. The molecule has 1 fully saturated rings.